The van der Waals surface area contributed by atoms with E-state index in [4.69, 9.17) is 0 Å². The molecule has 0 aliphatic carbocycles. The SMILES string of the molecule is CC(=O)NC(CC(=O)N1CCN(C)CC1)c1cccs1. The Labute approximate surface area is 123 Å². The average Bonchev–Trinajstić information content (AvgIpc) is 2.92. The Morgan fingerprint density at radius 1 is 1.35 bits per heavy atom. The molecule has 1 aliphatic heterocycles. The van der Waals surface area contributed by atoms with Crippen LogP contribution in [-0.4, -0.2) is 54.8 Å². The van der Waals surface area contributed by atoms with Gasteiger partial charge in [-0.1, -0.05) is 6.07 Å². The van der Waals surface area contributed by atoms with Crippen molar-refractivity contribution in [1.82, 2.24) is 15.1 Å². The molecule has 1 aliphatic rings. The van der Waals surface area contributed by atoms with Crippen LogP contribution in [0, 0.1) is 0 Å². The Bertz CT molecular complexity index is 453. The van der Waals surface area contributed by atoms with Gasteiger partial charge in [-0.15, -0.1) is 11.3 Å². The maximum atomic E-state index is 12.4. The molecule has 1 aromatic rings. The predicted octanol–water partition coefficient (Wildman–Crippen LogP) is 1.09. The molecule has 1 N–H and O–H groups in total. The molecule has 20 heavy (non-hydrogen) atoms. The summed E-state index contributed by atoms with van der Waals surface area (Å²) in [6.07, 6.45) is 0.337. The molecule has 0 aromatic carbocycles. The van der Waals surface area contributed by atoms with Crippen molar-refractivity contribution in [3.05, 3.63) is 22.4 Å². The van der Waals surface area contributed by atoms with Gasteiger partial charge in [-0.3, -0.25) is 9.59 Å². The van der Waals surface area contributed by atoms with Crippen molar-refractivity contribution in [3.8, 4) is 0 Å². The molecule has 0 saturated carbocycles. The minimum atomic E-state index is -0.209. The Hall–Kier alpha value is -1.40. The van der Waals surface area contributed by atoms with Crippen molar-refractivity contribution < 1.29 is 9.59 Å². The lowest BCUT2D eigenvalue weighted by Gasteiger charge is -2.33. The predicted molar refractivity (Wildman–Crippen MR) is 79.6 cm³/mol. The number of hydrogen-bond acceptors (Lipinski definition) is 4. The Kier molecular flexibility index (Phi) is 5.14. The summed E-state index contributed by atoms with van der Waals surface area (Å²) in [7, 11) is 2.06. The molecule has 1 unspecified atom stereocenters. The first-order valence-electron chi connectivity index (χ1n) is 6.83. The maximum Gasteiger partial charge on any atom is 0.225 e. The zero-order valence-corrected chi connectivity index (χ0v) is 12.8. The van der Waals surface area contributed by atoms with E-state index in [-0.39, 0.29) is 17.9 Å². The van der Waals surface area contributed by atoms with Crippen molar-refractivity contribution in [2.75, 3.05) is 33.2 Å². The molecule has 1 atom stereocenters. The third-order valence-electron chi connectivity index (χ3n) is 3.50. The molecule has 1 saturated heterocycles. The number of nitrogens with zero attached hydrogens (tertiary/aromatic N) is 2. The molecular formula is C14H21N3O2S. The van der Waals surface area contributed by atoms with E-state index in [2.05, 4.69) is 17.3 Å². The van der Waals surface area contributed by atoms with Crippen LogP contribution in [0.4, 0.5) is 0 Å². The van der Waals surface area contributed by atoms with E-state index >= 15 is 0 Å². The van der Waals surface area contributed by atoms with Crippen LogP contribution in [0.25, 0.3) is 0 Å². The van der Waals surface area contributed by atoms with Crippen LogP contribution >= 0.6 is 11.3 Å². The van der Waals surface area contributed by atoms with Crippen LogP contribution in [0.2, 0.25) is 0 Å². The van der Waals surface area contributed by atoms with E-state index in [9.17, 15) is 9.59 Å². The third-order valence-corrected chi connectivity index (χ3v) is 4.48. The van der Waals surface area contributed by atoms with Crippen LogP contribution in [0.3, 0.4) is 0 Å². The zero-order chi connectivity index (χ0) is 14.5. The molecule has 110 valence electrons. The van der Waals surface area contributed by atoms with Gasteiger partial charge in [0, 0.05) is 38.0 Å². The summed E-state index contributed by atoms with van der Waals surface area (Å²) in [5, 5.41) is 4.84. The van der Waals surface area contributed by atoms with E-state index in [0.29, 0.717) is 6.42 Å². The standard InChI is InChI=1S/C14H21N3O2S/c1-11(18)15-12(13-4-3-9-20-13)10-14(19)17-7-5-16(2)6-8-17/h3-4,9,12H,5-8,10H2,1-2H3,(H,15,18). The first kappa shape index (κ1) is 15.0. The summed E-state index contributed by atoms with van der Waals surface area (Å²) < 4.78 is 0. The molecule has 2 rings (SSSR count). The topological polar surface area (TPSA) is 52.7 Å². The highest BCUT2D eigenvalue weighted by molar-refractivity contribution is 7.10. The van der Waals surface area contributed by atoms with Gasteiger partial charge >= 0.3 is 0 Å². The minimum Gasteiger partial charge on any atom is -0.348 e. The number of piperazine rings is 1. The van der Waals surface area contributed by atoms with Gasteiger partial charge in [0.25, 0.3) is 0 Å². The monoisotopic (exact) mass is 295 g/mol. The number of carbonyl (C=O) groups is 2. The second-order valence-corrected chi connectivity index (χ2v) is 6.14. The highest BCUT2D eigenvalue weighted by Gasteiger charge is 2.24. The summed E-state index contributed by atoms with van der Waals surface area (Å²) in [6, 6.07) is 3.69. The van der Waals surface area contributed by atoms with E-state index in [1.165, 1.54) is 6.92 Å². The van der Waals surface area contributed by atoms with Crippen LogP contribution in [0.5, 0.6) is 0 Å². The van der Waals surface area contributed by atoms with Crippen molar-refractivity contribution in [2.45, 2.75) is 19.4 Å². The van der Waals surface area contributed by atoms with Gasteiger partial charge in [-0.2, -0.15) is 0 Å². The smallest absolute Gasteiger partial charge is 0.225 e. The quantitative estimate of drug-likeness (QED) is 0.904. The second kappa shape index (κ2) is 6.85. The Morgan fingerprint density at radius 2 is 2.05 bits per heavy atom. The number of likely N-dealkylation sites (N-methyl/N-ethyl adjacent to an activating group) is 1. The van der Waals surface area contributed by atoms with Crippen LogP contribution in [0.1, 0.15) is 24.3 Å². The highest BCUT2D eigenvalue weighted by atomic mass is 32.1. The number of hydrogen-bond donors (Lipinski definition) is 1. The minimum absolute atomic E-state index is 0.102. The summed E-state index contributed by atoms with van der Waals surface area (Å²) in [5.41, 5.74) is 0. The molecule has 2 amide bonds. The molecule has 6 heteroatoms. The van der Waals surface area contributed by atoms with Gasteiger partial charge in [-0.25, -0.2) is 0 Å². The number of thiophene rings is 1. The number of amides is 2. The molecule has 5 nitrogen and oxygen atoms in total. The van der Waals surface area contributed by atoms with Gasteiger partial charge in [0.05, 0.1) is 12.5 Å². The molecular weight excluding hydrogens is 274 g/mol. The second-order valence-electron chi connectivity index (χ2n) is 5.16. The fourth-order valence-electron chi connectivity index (χ4n) is 2.32. The molecule has 0 radical (unpaired) electrons. The van der Waals surface area contributed by atoms with Gasteiger partial charge < -0.3 is 15.1 Å². The van der Waals surface area contributed by atoms with Gasteiger partial charge in [0.1, 0.15) is 0 Å². The van der Waals surface area contributed by atoms with E-state index in [1.807, 2.05) is 22.4 Å². The van der Waals surface area contributed by atoms with Gasteiger partial charge in [-0.05, 0) is 18.5 Å². The van der Waals surface area contributed by atoms with Crippen molar-refractivity contribution in [1.29, 1.82) is 0 Å². The number of rotatable bonds is 4. The van der Waals surface area contributed by atoms with Crippen LogP contribution in [-0.2, 0) is 9.59 Å². The van der Waals surface area contributed by atoms with E-state index in [1.54, 1.807) is 11.3 Å². The summed E-state index contributed by atoms with van der Waals surface area (Å²) in [5.74, 6) is 0.0137. The fraction of sp³-hybridized carbons (Fsp3) is 0.571. The van der Waals surface area contributed by atoms with Crippen LogP contribution in [0.15, 0.2) is 17.5 Å². The molecule has 2 heterocycles. The lowest BCUT2D eigenvalue weighted by molar-refractivity contribution is -0.133. The summed E-state index contributed by atoms with van der Waals surface area (Å²) in [6.45, 7) is 4.85. The third kappa shape index (κ3) is 4.05. The van der Waals surface area contributed by atoms with Crippen molar-refractivity contribution in [3.63, 3.8) is 0 Å². The molecule has 1 aromatic heterocycles. The fourth-order valence-corrected chi connectivity index (χ4v) is 3.10. The van der Waals surface area contributed by atoms with Gasteiger partial charge in [0.2, 0.25) is 11.8 Å². The Balaban J connectivity index is 1.97. The Morgan fingerprint density at radius 3 is 2.60 bits per heavy atom. The first-order valence-corrected chi connectivity index (χ1v) is 7.71. The normalized spacial score (nSPS) is 17.8. The zero-order valence-electron chi connectivity index (χ0n) is 12.0. The molecule has 0 bridgehead atoms. The lowest BCUT2D eigenvalue weighted by atomic mass is 10.1. The highest BCUT2D eigenvalue weighted by Crippen LogP contribution is 2.23. The number of carbonyl (C=O) groups excluding carboxylic acids is 2. The van der Waals surface area contributed by atoms with Crippen LogP contribution < -0.4 is 5.32 Å². The van der Waals surface area contributed by atoms with Crippen molar-refractivity contribution >= 4 is 23.2 Å². The summed E-state index contributed by atoms with van der Waals surface area (Å²) >= 11 is 1.57. The maximum absolute atomic E-state index is 12.4. The largest absolute Gasteiger partial charge is 0.348 e. The van der Waals surface area contributed by atoms with E-state index < -0.39 is 0 Å². The van der Waals surface area contributed by atoms with E-state index in [0.717, 1.165) is 31.1 Å². The van der Waals surface area contributed by atoms with Gasteiger partial charge in [0.15, 0.2) is 0 Å². The lowest BCUT2D eigenvalue weighted by Crippen LogP contribution is -2.47. The summed E-state index contributed by atoms with van der Waals surface area (Å²) in [4.78, 5) is 28.8. The van der Waals surface area contributed by atoms with Crippen molar-refractivity contribution in [2.24, 2.45) is 0 Å². The average molecular weight is 295 g/mol. The molecule has 1 fully saturated rings. The number of nitrogens with one attached hydrogen (secondary N) is 1. The first-order chi connectivity index (χ1) is 9.56. The molecule has 0 spiro atoms.